The number of benzene rings is 2. The lowest BCUT2D eigenvalue weighted by atomic mass is 10.1. The Labute approximate surface area is 221 Å². The summed E-state index contributed by atoms with van der Waals surface area (Å²) in [6.07, 6.45) is 0.977. The number of hydrogen-bond donors (Lipinski definition) is 3. The molecular formula is C25H29N5O6S2. The number of aromatic nitrogens is 1. The van der Waals surface area contributed by atoms with Crippen LogP contribution in [0.2, 0.25) is 0 Å². The van der Waals surface area contributed by atoms with E-state index in [1.54, 1.807) is 32.9 Å². The van der Waals surface area contributed by atoms with Crippen molar-refractivity contribution in [3.05, 3.63) is 59.3 Å². The van der Waals surface area contributed by atoms with E-state index in [1.165, 1.54) is 35.4 Å². The molecule has 0 spiro atoms. The number of aryl methyl sites for hydroxylation is 1. The van der Waals surface area contributed by atoms with Crippen LogP contribution >= 0.6 is 0 Å². The summed E-state index contributed by atoms with van der Waals surface area (Å²) in [6, 6.07) is 11.5. The van der Waals surface area contributed by atoms with Crippen LogP contribution < -0.4 is 9.44 Å². The molecule has 1 aromatic heterocycles. The summed E-state index contributed by atoms with van der Waals surface area (Å²) in [5.74, 6) is -0.339. The van der Waals surface area contributed by atoms with Gasteiger partial charge in [-0.15, -0.1) is 0 Å². The van der Waals surface area contributed by atoms with Gasteiger partial charge in [-0.25, -0.2) is 21.6 Å². The van der Waals surface area contributed by atoms with Crippen molar-refractivity contribution in [2.24, 2.45) is 0 Å². The quantitative estimate of drug-likeness (QED) is 0.398. The van der Waals surface area contributed by atoms with Crippen LogP contribution in [0.15, 0.2) is 42.6 Å². The van der Waals surface area contributed by atoms with Crippen LogP contribution in [0.5, 0.6) is 0 Å². The summed E-state index contributed by atoms with van der Waals surface area (Å²) in [4.78, 5) is 16.3. The van der Waals surface area contributed by atoms with Crippen LogP contribution in [0.3, 0.4) is 0 Å². The van der Waals surface area contributed by atoms with Crippen LogP contribution in [0.25, 0.3) is 10.9 Å². The van der Waals surface area contributed by atoms with Crippen molar-refractivity contribution in [2.75, 3.05) is 22.5 Å². The number of likely N-dealkylation sites (tertiary alicyclic amines) is 1. The number of nitrogens with one attached hydrogen (secondary N) is 3. The number of rotatable bonds is 7. The molecule has 0 unspecified atom stereocenters. The average molecular weight is 560 g/mol. The maximum atomic E-state index is 12.9. The fourth-order valence-electron chi connectivity index (χ4n) is 4.04. The van der Waals surface area contributed by atoms with Crippen LogP contribution in [0.1, 0.15) is 37.5 Å². The van der Waals surface area contributed by atoms with E-state index in [2.05, 4.69) is 20.5 Å². The highest BCUT2D eigenvalue weighted by Gasteiger charge is 2.41. The van der Waals surface area contributed by atoms with E-state index < -0.39 is 37.0 Å². The van der Waals surface area contributed by atoms with Crippen LogP contribution in [0, 0.1) is 18.3 Å². The lowest BCUT2D eigenvalue weighted by Crippen LogP contribution is -2.58. The zero-order chi connectivity index (χ0) is 27.9. The number of ether oxygens (including phenoxy) is 1. The molecule has 1 aliphatic heterocycles. The van der Waals surface area contributed by atoms with Crippen molar-refractivity contribution in [2.45, 2.75) is 44.3 Å². The van der Waals surface area contributed by atoms with Crippen molar-refractivity contribution in [1.82, 2.24) is 9.88 Å². The summed E-state index contributed by atoms with van der Waals surface area (Å²) in [5.41, 5.74) is 2.19. The van der Waals surface area contributed by atoms with Crippen molar-refractivity contribution < 1.29 is 26.4 Å². The molecule has 0 bridgehead atoms. The summed E-state index contributed by atoms with van der Waals surface area (Å²) < 4.78 is 61.4. The van der Waals surface area contributed by atoms with E-state index in [-0.39, 0.29) is 24.5 Å². The molecule has 3 N–H and O–H groups in total. The molecule has 4 rings (SSSR count). The van der Waals surface area contributed by atoms with Crippen LogP contribution in [0.4, 0.5) is 16.2 Å². The number of carbonyl (C=O) groups is 1. The second-order valence-corrected chi connectivity index (χ2v) is 13.9. The Balaban J connectivity index is 1.38. The SMILES string of the molecule is Cc1ccc(NS(=O)(=O)Cc2ccc(NS(=O)(=O)C3CN(C(=O)OC(C)(C)C)C3)cc2)c2[nH]cc(C#N)c12. The first-order chi connectivity index (χ1) is 17.7. The molecule has 2 heterocycles. The van der Waals surface area contributed by atoms with Gasteiger partial charge in [-0.1, -0.05) is 18.2 Å². The largest absolute Gasteiger partial charge is 0.444 e. The molecule has 1 aliphatic rings. The minimum absolute atomic E-state index is 0.0230. The predicted octanol–water partition coefficient (Wildman–Crippen LogP) is 3.65. The van der Waals surface area contributed by atoms with Crippen molar-refractivity contribution in [1.29, 1.82) is 5.26 Å². The zero-order valence-corrected chi connectivity index (χ0v) is 23.0. The molecule has 1 saturated heterocycles. The summed E-state index contributed by atoms with van der Waals surface area (Å²) >= 11 is 0. The molecule has 3 aromatic rings. The first-order valence-corrected chi connectivity index (χ1v) is 15.0. The van der Waals surface area contributed by atoms with Gasteiger partial charge < -0.3 is 14.6 Å². The summed E-state index contributed by atoms with van der Waals surface area (Å²) in [6.45, 7) is 7.09. The normalized spacial score (nSPS) is 14.6. The number of anilines is 2. The molecular weight excluding hydrogens is 530 g/mol. The molecule has 0 atom stereocenters. The summed E-state index contributed by atoms with van der Waals surface area (Å²) in [7, 11) is -7.57. The van der Waals surface area contributed by atoms with Gasteiger partial charge in [-0.3, -0.25) is 9.44 Å². The third-order valence-electron chi connectivity index (χ3n) is 5.94. The van der Waals surface area contributed by atoms with Gasteiger partial charge in [0.2, 0.25) is 20.0 Å². The Kier molecular flexibility index (Phi) is 7.07. The molecule has 2 aromatic carbocycles. The van der Waals surface area contributed by atoms with Gasteiger partial charge in [0.15, 0.2) is 0 Å². The predicted molar refractivity (Wildman–Crippen MR) is 145 cm³/mol. The van der Waals surface area contributed by atoms with Crippen molar-refractivity contribution in [3.8, 4) is 6.07 Å². The van der Waals surface area contributed by atoms with E-state index >= 15 is 0 Å². The number of H-pyrrole nitrogens is 1. The lowest BCUT2D eigenvalue weighted by molar-refractivity contribution is 0.0139. The molecule has 0 aliphatic carbocycles. The Morgan fingerprint density at radius 1 is 1.11 bits per heavy atom. The first-order valence-electron chi connectivity index (χ1n) is 11.8. The Morgan fingerprint density at radius 3 is 2.37 bits per heavy atom. The summed E-state index contributed by atoms with van der Waals surface area (Å²) in [5, 5.41) is 9.19. The number of nitriles is 1. The molecule has 11 nitrogen and oxygen atoms in total. The number of aromatic amines is 1. The molecule has 202 valence electrons. The Morgan fingerprint density at radius 2 is 1.76 bits per heavy atom. The van der Waals surface area contributed by atoms with Gasteiger partial charge in [-0.2, -0.15) is 5.26 Å². The monoisotopic (exact) mass is 559 g/mol. The smallest absolute Gasteiger partial charge is 0.410 e. The highest BCUT2D eigenvalue weighted by molar-refractivity contribution is 7.93. The zero-order valence-electron chi connectivity index (χ0n) is 21.4. The highest BCUT2D eigenvalue weighted by Crippen LogP contribution is 2.29. The van der Waals surface area contributed by atoms with Gasteiger partial charge in [0.05, 0.1) is 22.5 Å². The molecule has 13 heteroatoms. The van der Waals surface area contributed by atoms with E-state index in [0.717, 1.165) is 5.56 Å². The first kappa shape index (κ1) is 27.3. The minimum Gasteiger partial charge on any atom is -0.444 e. The number of carbonyl (C=O) groups excluding carboxylic acids is 1. The molecule has 0 radical (unpaired) electrons. The lowest BCUT2D eigenvalue weighted by Gasteiger charge is -2.39. The van der Waals surface area contributed by atoms with E-state index in [0.29, 0.717) is 27.7 Å². The number of amides is 1. The number of sulfonamides is 2. The fourth-order valence-corrected chi connectivity index (χ4v) is 6.64. The highest BCUT2D eigenvalue weighted by atomic mass is 32.2. The molecule has 0 saturated carbocycles. The van der Waals surface area contributed by atoms with Gasteiger partial charge in [0.25, 0.3) is 0 Å². The third-order valence-corrected chi connectivity index (χ3v) is 8.88. The molecule has 1 fully saturated rings. The van der Waals surface area contributed by atoms with Gasteiger partial charge in [0.1, 0.15) is 16.9 Å². The number of hydrogen-bond acceptors (Lipinski definition) is 7. The third kappa shape index (κ3) is 6.03. The molecule has 38 heavy (non-hydrogen) atoms. The van der Waals surface area contributed by atoms with Gasteiger partial charge in [0, 0.05) is 30.4 Å². The van der Waals surface area contributed by atoms with Crippen molar-refractivity contribution in [3.63, 3.8) is 0 Å². The minimum atomic E-state index is -3.81. The topological polar surface area (TPSA) is 161 Å². The average Bonchev–Trinajstić information content (AvgIpc) is 3.19. The Hall–Kier alpha value is -3.76. The van der Waals surface area contributed by atoms with E-state index in [1.807, 2.05) is 6.92 Å². The van der Waals surface area contributed by atoms with Gasteiger partial charge >= 0.3 is 6.09 Å². The second-order valence-electron chi connectivity index (χ2n) is 10.2. The van der Waals surface area contributed by atoms with Crippen LogP contribution in [-0.4, -0.2) is 56.8 Å². The molecule has 1 amide bonds. The fraction of sp³-hybridized carbons (Fsp3) is 0.360. The second kappa shape index (κ2) is 9.85. The van der Waals surface area contributed by atoms with Crippen molar-refractivity contribution >= 4 is 48.4 Å². The Bertz CT molecular complexity index is 1630. The number of fused-ring (bicyclic) bond motifs is 1. The van der Waals surface area contributed by atoms with Crippen LogP contribution in [-0.2, 0) is 30.5 Å². The number of nitrogens with zero attached hydrogens (tertiary/aromatic N) is 2. The van der Waals surface area contributed by atoms with Gasteiger partial charge in [-0.05, 0) is 57.0 Å². The van der Waals surface area contributed by atoms with E-state index in [9.17, 15) is 26.9 Å². The van der Waals surface area contributed by atoms with E-state index in [4.69, 9.17) is 4.74 Å². The standard InChI is InChI=1S/C25H29N5O6S2/c1-16-5-10-21(23-22(16)18(11-26)12-27-23)29-37(32,33)15-17-6-8-19(9-7-17)28-38(34,35)20-13-30(14-20)24(31)36-25(2,3)4/h5-10,12,20,27-29H,13-15H2,1-4H3. The maximum absolute atomic E-state index is 12.9. The maximum Gasteiger partial charge on any atom is 0.410 e.